The van der Waals surface area contributed by atoms with E-state index in [1.54, 1.807) is 0 Å². The van der Waals surface area contributed by atoms with Crippen LogP contribution in [0.4, 0.5) is 0 Å². The molecule has 4 unspecified atom stereocenters. The largest absolute Gasteiger partial charge is 0.512 e. The zero-order valence-electron chi connectivity index (χ0n) is 7.82. The van der Waals surface area contributed by atoms with Crippen LogP contribution >= 0.6 is 0 Å². The molecule has 1 saturated carbocycles. The Hall–Kier alpha value is -0.980. The molecular weight excluding hydrogens is 160 g/mol. The molecule has 0 radical (unpaired) electrons. The summed E-state index contributed by atoms with van der Waals surface area (Å²) in [5, 5.41) is 9.50. The lowest BCUT2D eigenvalue weighted by molar-refractivity contribution is 0.270. The van der Waals surface area contributed by atoms with E-state index in [-0.39, 0.29) is 0 Å². The van der Waals surface area contributed by atoms with Crippen LogP contribution in [0.15, 0.2) is 37.1 Å². The molecule has 70 valence electrons. The van der Waals surface area contributed by atoms with Crippen molar-refractivity contribution in [2.75, 3.05) is 0 Å². The highest BCUT2D eigenvalue weighted by molar-refractivity contribution is 5.24. The zero-order chi connectivity index (χ0) is 9.42. The first-order valence-electron chi connectivity index (χ1n) is 4.93. The molecule has 4 atom stereocenters. The molecule has 0 aromatic rings. The topological polar surface area (TPSA) is 20.2 Å². The summed E-state index contributed by atoms with van der Waals surface area (Å²) in [4.78, 5) is 0. The molecule has 0 saturated heterocycles. The molecule has 0 aromatic carbocycles. The summed E-state index contributed by atoms with van der Waals surface area (Å²) >= 11 is 0. The Morgan fingerprint density at radius 3 is 2.92 bits per heavy atom. The number of hydrogen-bond donors (Lipinski definition) is 1. The zero-order valence-corrected chi connectivity index (χ0v) is 7.82. The number of aliphatic hydroxyl groups is 1. The van der Waals surface area contributed by atoms with E-state index in [2.05, 4.69) is 31.4 Å². The molecule has 3 aliphatic carbocycles. The van der Waals surface area contributed by atoms with E-state index < -0.39 is 0 Å². The van der Waals surface area contributed by atoms with E-state index in [4.69, 9.17) is 0 Å². The molecule has 1 heteroatoms. The summed E-state index contributed by atoms with van der Waals surface area (Å²) in [6.07, 6.45) is 9.11. The first-order chi connectivity index (χ1) is 6.36. The predicted octanol–water partition coefficient (Wildman–Crippen LogP) is 3.07. The van der Waals surface area contributed by atoms with Gasteiger partial charge in [0.1, 0.15) is 0 Å². The minimum atomic E-state index is 0.514. The third kappa shape index (κ3) is 1.06. The van der Waals surface area contributed by atoms with Crippen molar-refractivity contribution in [2.24, 2.45) is 23.7 Å². The third-order valence-corrected chi connectivity index (χ3v) is 3.56. The van der Waals surface area contributed by atoms with Crippen molar-refractivity contribution < 1.29 is 5.11 Å². The Morgan fingerprint density at radius 1 is 1.38 bits per heavy atom. The third-order valence-electron chi connectivity index (χ3n) is 3.56. The van der Waals surface area contributed by atoms with Gasteiger partial charge in [-0.1, -0.05) is 12.2 Å². The first kappa shape index (κ1) is 8.61. The Balaban J connectivity index is 0.000000308. The van der Waals surface area contributed by atoms with E-state index in [0.717, 1.165) is 11.8 Å². The second-order valence-electron chi connectivity index (χ2n) is 4.00. The van der Waals surface area contributed by atoms with Crippen molar-refractivity contribution in [2.45, 2.75) is 12.8 Å². The molecular formula is C12H16O. The van der Waals surface area contributed by atoms with Crippen molar-refractivity contribution in [3.05, 3.63) is 37.1 Å². The molecule has 1 nitrogen and oxygen atoms in total. The van der Waals surface area contributed by atoms with Crippen molar-refractivity contribution in [1.29, 1.82) is 0 Å². The van der Waals surface area contributed by atoms with Gasteiger partial charge in [-0.3, -0.25) is 0 Å². The lowest BCUT2D eigenvalue weighted by Crippen LogP contribution is -2.16. The van der Waals surface area contributed by atoms with E-state index in [9.17, 15) is 5.11 Å². The molecule has 0 heterocycles. The minimum absolute atomic E-state index is 0.514. The van der Waals surface area contributed by atoms with Gasteiger partial charge in [-0.2, -0.15) is 0 Å². The van der Waals surface area contributed by atoms with Crippen LogP contribution in [0, 0.1) is 23.7 Å². The van der Waals surface area contributed by atoms with E-state index in [0.29, 0.717) is 17.6 Å². The van der Waals surface area contributed by atoms with Crippen molar-refractivity contribution in [1.82, 2.24) is 0 Å². The molecule has 3 aliphatic rings. The second-order valence-corrected chi connectivity index (χ2v) is 4.00. The maximum atomic E-state index is 9.50. The van der Waals surface area contributed by atoms with Gasteiger partial charge in [-0.15, -0.1) is 13.2 Å². The maximum Gasteiger partial charge on any atom is 0.0920 e. The monoisotopic (exact) mass is 176 g/mol. The average molecular weight is 176 g/mol. The highest BCUT2D eigenvalue weighted by Crippen LogP contribution is 2.54. The van der Waals surface area contributed by atoms with Gasteiger partial charge in [-0.25, -0.2) is 0 Å². The molecule has 13 heavy (non-hydrogen) atoms. The molecule has 0 aliphatic heterocycles. The van der Waals surface area contributed by atoms with Crippen LogP contribution in [-0.2, 0) is 0 Å². The Kier molecular flexibility index (Phi) is 2.03. The number of fused-ring (bicyclic) bond motifs is 5. The summed E-state index contributed by atoms with van der Waals surface area (Å²) < 4.78 is 0. The lowest BCUT2D eigenvalue weighted by atomic mass is 9.85. The summed E-state index contributed by atoms with van der Waals surface area (Å²) in [6.45, 7) is 6.00. The van der Waals surface area contributed by atoms with Gasteiger partial charge in [0.25, 0.3) is 0 Å². The van der Waals surface area contributed by atoms with Gasteiger partial charge in [0, 0.05) is 5.92 Å². The minimum Gasteiger partial charge on any atom is -0.512 e. The molecule has 3 rings (SSSR count). The molecule has 1 fully saturated rings. The molecule has 0 amide bonds. The van der Waals surface area contributed by atoms with Gasteiger partial charge >= 0.3 is 0 Å². The SMILES string of the molecule is C=C.OC1=CC2CC1C1CC=CC21. The van der Waals surface area contributed by atoms with Crippen LogP contribution < -0.4 is 0 Å². The van der Waals surface area contributed by atoms with Crippen molar-refractivity contribution in [3.8, 4) is 0 Å². The van der Waals surface area contributed by atoms with E-state index >= 15 is 0 Å². The predicted molar refractivity (Wildman–Crippen MR) is 54.3 cm³/mol. The number of hydrogen-bond acceptors (Lipinski definition) is 1. The molecule has 0 spiro atoms. The van der Waals surface area contributed by atoms with Gasteiger partial charge in [0.2, 0.25) is 0 Å². The molecule has 2 bridgehead atoms. The number of allylic oxidation sites excluding steroid dienone is 4. The quantitative estimate of drug-likeness (QED) is 0.562. The number of aliphatic hydroxyl groups excluding tert-OH is 1. The number of rotatable bonds is 0. The lowest BCUT2D eigenvalue weighted by Gasteiger charge is -2.21. The Labute approximate surface area is 79.5 Å². The van der Waals surface area contributed by atoms with Gasteiger partial charge in [0.15, 0.2) is 0 Å². The molecule has 0 aromatic heterocycles. The highest BCUT2D eigenvalue weighted by atomic mass is 16.3. The van der Waals surface area contributed by atoms with Crippen molar-refractivity contribution >= 4 is 0 Å². The summed E-state index contributed by atoms with van der Waals surface area (Å²) in [7, 11) is 0. The van der Waals surface area contributed by atoms with E-state index in [1.807, 2.05) is 0 Å². The average Bonchev–Trinajstić information content (AvgIpc) is 2.76. The molecule has 1 N–H and O–H groups in total. The summed E-state index contributed by atoms with van der Waals surface area (Å²) in [5.41, 5.74) is 0. The van der Waals surface area contributed by atoms with Gasteiger partial charge in [0.05, 0.1) is 5.76 Å². The van der Waals surface area contributed by atoms with Crippen molar-refractivity contribution in [3.63, 3.8) is 0 Å². The van der Waals surface area contributed by atoms with Gasteiger partial charge < -0.3 is 5.11 Å². The maximum absolute atomic E-state index is 9.50. The Morgan fingerprint density at radius 2 is 2.15 bits per heavy atom. The normalized spacial score (nSPS) is 43.8. The smallest absolute Gasteiger partial charge is 0.0920 e. The van der Waals surface area contributed by atoms with Crippen LogP contribution in [0.25, 0.3) is 0 Å². The highest BCUT2D eigenvalue weighted by Gasteiger charge is 2.48. The summed E-state index contributed by atoms with van der Waals surface area (Å²) in [6, 6.07) is 0. The standard InChI is InChI=1S/C10H12O.C2H4/c11-10-5-6-4-9(10)8-3-1-2-7(6)8;1-2/h1-2,5-9,11H,3-4H2;1-2H2. The van der Waals surface area contributed by atoms with Crippen LogP contribution in [0.3, 0.4) is 0 Å². The van der Waals surface area contributed by atoms with Gasteiger partial charge in [-0.05, 0) is 36.7 Å². The Bertz CT molecular complexity index is 264. The fourth-order valence-corrected chi connectivity index (χ4v) is 3.07. The fraction of sp³-hybridized carbons (Fsp3) is 0.500. The first-order valence-corrected chi connectivity index (χ1v) is 4.93. The second kappa shape index (κ2) is 3.06. The fourth-order valence-electron chi connectivity index (χ4n) is 3.07. The van der Waals surface area contributed by atoms with E-state index in [1.165, 1.54) is 12.8 Å². The van der Waals surface area contributed by atoms with Crippen LogP contribution in [-0.4, -0.2) is 5.11 Å². The van der Waals surface area contributed by atoms with Crippen LogP contribution in [0.2, 0.25) is 0 Å². The summed E-state index contributed by atoms with van der Waals surface area (Å²) in [5.74, 6) is 3.39. The van der Waals surface area contributed by atoms with Crippen LogP contribution in [0.5, 0.6) is 0 Å². The van der Waals surface area contributed by atoms with Crippen LogP contribution in [0.1, 0.15) is 12.8 Å².